The van der Waals surface area contributed by atoms with Crippen LogP contribution >= 0.6 is 0 Å². The van der Waals surface area contributed by atoms with Crippen LogP contribution in [0.4, 0.5) is 0 Å². The van der Waals surface area contributed by atoms with Crippen LogP contribution in [-0.4, -0.2) is 5.91 Å². The zero-order valence-corrected chi connectivity index (χ0v) is 10.0. The highest BCUT2D eigenvalue weighted by Gasteiger charge is 2.29. The Hall–Kier alpha value is -1.57. The highest BCUT2D eigenvalue weighted by molar-refractivity contribution is 5.97. The molecule has 1 aliphatic rings. The lowest BCUT2D eigenvalue weighted by Gasteiger charge is -2.22. The van der Waals surface area contributed by atoms with Gasteiger partial charge in [-0.25, -0.2) is 0 Å². The molecule has 1 aliphatic heterocycles. The SMILES string of the molecule is CC(C)(C)C1=C(c2ccccc2)CC(=O)N1. The minimum Gasteiger partial charge on any atom is -0.329 e. The van der Waals surface area contributed by atoms with E-state index in [9.17, 15) is 4.79 Å². The van der Waals surface area contributed by atoms with Crippen LogP contribution in [0.25, 0.3) is 5.57 Å². The van der Waals surface area contributed by atoms with E-state index in [1.54, 1.807) is 0 Å². The van der Waals surface area contributed by atoms with Crippen molar-refractivity contribution in [3.8, 4) is 0 Å². The zero-order chi connectivity index (χ0) is 11.8. The quantitative estimate of drug-likeness (QED) is 0.766. The molecule has 16 heavy (non-hydrogen) atoms. The van der Waals surface area contributed by atoms with Crippen molar-refractivity contribution in [3.05, 3.63) is 41.6 Å². The number of carbonyl (C=O) groups is 1. The number of hydrogen-bond donors (Lipinski definition) is 1. The molecular formula is C14H17NO. The van der Waals surface area contributed by atoms with E-state index in [0.29, 0.717) is 6.42 Å². The average molecular weight is 215 g/mol. The number of allylic oxidation sites excluding steroid dienone is 1. The van der Waals surface area contributed by atoms with Crippen molar-refractivity contribution < 1.29 is 4.79 Å². The lowest BCUT2D eigenvalue weighted by Crippen LogP contribution is -2.24. The largest absolute Gasteiger partial charge is 0.329 e. The average Bonchev–Trinajstić information content (AvgIpc) is 2.61. The molecule has 0 aliphatic carbocycles. The van der Waals surface area contributed by atoms with E-state index >= 15 is 0 Å². The first kappa shape index (κ1) is 10.9. The molecule has 0 aromatic heterocycles. The summed E-state index contributed by atoms with van der Waals surface area (Å²) in [5, 5.41) is 2.98. The molecule has 0 atom stereocenters. The Morgan fingerprint density at radius 2 is 1.75 bits per heavy atom. The summed E-state index contributed by atoms with van der Waals surface area (Å²) in [6.45, 7) is 6.37. The predicted octanol–water partition coefficient (Wildman–Crippen LogP) is 2.96. The fourth-order valence-corrected chi connectivity index (χ4v) is 2.03. The fourth-order valence-electron chi connectivity index (χ4n) is 2.03. The fraction of sp³-hybridized carbons (Fsp3) is 0.357. The Kier molecular flexibility index (Phi) is 2.58. The van der Waals surface area contributed by atoms with Gasteiger partial charge in [0.1, 0.15) is 0 Å². The van der Waals surface area contributed by atoms with Crippen LogP contribution in [0.2, 0.25) is 0 Å². The van der Waals surface area contributed by atoms with E-state index in [1.165, 1.54) is 0 Å². The van der Waals surface area contributed by atoms with Gasteiger partial charge in [-0.05, 0) is 11.1 Å². The van der Waals surface area contributed by atoms with Gasteiger partial charge in [-0.2, -0.15) is 0 Å². The number of amides is 1. The molecule has 0 saturated heterocycles. The number of benzene rings is 1. The Labute approximate surface area is 96.4 Å². The minimum absolute atomic E-state index is 0.0165. The summed E-state index contributed by atoms with van der Waals surface area (Å²) in [5.74, 6) is 0.101. The molecule has 2 rings (SSSR count). The molecule has 1 aromatic rings. The van der Waals surface area contributed by atoms with Gasteiger partial charge in [-0.15, -0.1) is 0 Å². The molecule has 2 nitrogen and oxygen atoms in total. The Morgan fingerprint density at radius 1 is 1.12 bits per heavy atom. The second kappa shape index (κ2) is 3.78. The van der Waals surface area contributed by atoms with Gasteiger partial charge in [0.05, 0.1) is 6.42 Å². The Morgan fingerprint density at radius 3 is 2.31 bits per heavy atom. The molecule has 84 valence electrons. The molecule has 0 saturated carbocycles. The number of nitrogens with one attached hydrogen (secondary N) is 1. The molecule has 1 N–H and O–H groups in total. The van der Waals surface area contributed by atoms with Crippen molar-refractivity contribution >= 4 is 11.5 Å². The zero-order valence-electron chi connectivity index (χ0n) is 10.0. The van der Waals surface area contributed by atoms with Crippen molar-refractivity contribution in [1.29, 1.82) is 0 Å². The van der Waals surface area contributed by atoms with E-state index in [4.69, 9.17) is 0 Å². The third kappa shape index (κ3) is 2.01. The normalized spacial score (nSPS) is 16.6. The number of carbonyl (C=O) groups excluding carboxylic acids is 1. The lowest BCUT2D eigenvalue weighted by molar-refractivity contribution is -0.118. The summed E-state index contributed by atoms with van der Waals surface area (Å²) in [5.41, 5.74) is 3.32. The maximum absolute atomic E-state index is 11.5. The second-order valence-corrected chi connectivity index (χ2v) is 5.19. The van der Waals surface area contributed by atoms with E-state index in [-0.39, 0.29) is 11.3 Å². The van der Waals surface area contributed by atoms with E-state index in [1.807, 2.05) is 18.2 Å². The summed E-state index contributed by atoms with van der Waals surface area (Å²) in [7, 11) is 0. The van der Waals surface area contributed by atoms with E-state index in [2.05, 4.69) is 38.2 Å². The van der Waals surface area contributed by atoms with Gasteiger partial charge < -0.3 is 5.32 Å². The van der Waals surface area contributed by atoms with Gasteiger partial charge in [-0.3, -0.25) is 4.79 Å². The van der Waals surface area contributed by atoms with Gasteiger partial charge in [0.15, 0.2) is 0 Å². The van der Waals surface area contributed by atoms with E-state index < -0.39 is 0 Å². The molecule has 2 heteroatoms. The van der Waals surface area contributed by atoms with Crippen LogP contribution in [0.3, 0.4) is 0 Å². The third-order valence-corrected chi connectivity index (χ3v) is 2.78. The molecule has 1 heterocycles. The first-order valence-corrected chi connectivity index (χ1v) is 5.57. The van der Waals surface area contributed by atoms with Crippen molar-refractivity contribution in [2.45, 2.75) is 27.2 Å². The van der Waals surface area contributed by atoms with E-state index in [0.717, 1.165) is 16.8 Å². The first-order valence-electron chi connectivity index (χ1n) is 5.57. The molecule has 1 aromatic carbocycles. The van der Waals surface area contributed by atoms with Gasteiger partial charge in [0.25, 0.3) is 0 Å². The molecular weight excluding hydrogens is 198 g/mol. The standard InChI is InChI=1S/C14H17NO/c1-14(2,3)13-11(9-12(16)15-13)10-7-5-4-6-8-10/h4-8H,9H2,1-3H3,(H,15,16). The Balaban J connectivity index is 2.48. The maximum Gasteiger partial charge on any atom is 0.228 e. The van der Waals surface area contributed by atoms with Crippen LogP contribution in [0.5, 0.6) is 0 Å². The van der Waals surface area contributed by atoms with Crippen molar-refractivity contribution in [3.63, 3.8) is 0 Å². The van der Waals surface area contributed by atoms with Gasteiger partial charge in [0.2, 0.25) is 5.91 Å². The molecule has 0 fully saturated rings. The first-order chi connectivity index (χ1) is 7.48. The van der Waals surface area contributed by atoms with Gasteiger partial charge in [-0.1, -0.05) is 51.1 Å². The summed E-state index contributed by atoms with van der Waals surface area (Å²) < 4.78 is 0. The van der Waals surface area contributed by atoms with Crippen LogP contribution in [-0.2, 0) is 4.79 Å². The van der Waals surface area contributed by atoms with Crippen LogP contribution in [0, 0.1) is 5.41 Å². The summed E-state index contributed by atoms with van der Waals surface area (Å²) in [6.07, 6.45) is 0.497. The lowest BCUT2D eigenvalue weighted by atomic mass is 9.87. The monoisotopic (exact) mass is 215 g/mol. The summed E-state index contributed by atoms with van der Waals surface area (Å²) >= 11 is 0. The predicted molar refractivity (Wildman–Crippen MR) is 65.6 cm³/mol. The van der Waals surface area contributed by atoms with Crippen molar-refractivity contribution in [1.82, 2.24) is 5.32 Å². The molecule has 1 amide bonds. The second-order valence-electron chi connectivity index (χ2n) is 5.19. The highest BCUT2D eigenvalue weighted by atomic mass is 16.1. The van der Waals surface area contributed by atoms with Crippen LogP contribution in [0.15, 0.2) is 36.0 Å². The molecule has 0 bridgehead atoms. The van der Waals surface area contributed by atoms with Crippen molar-refractivity contribution in [2.24, 2.45) is 5.41 Å². The maximum atomic E-state index is 11.5. The van der Waals surface area contributed by atoms with Crippen LogP contribution < -0.4 is 5.32 Å². The molecule has 0 radical (unpaired) electrons. The summed E-state index contributed by atoms with van der Waals surface area (Å²) in [4.78, 5) is 11.5. The number of hydrogen-bond acceptors (Lipinski definition) is 1. The van der Waals surface area contributed by atoms with Gasteiger partial charge in [0, 0.05) is 11.1 Å². The smallest absolute Gasteiger partial charge is 0.228 e. The highest BCUT2D eigenvalue weighted by Crippen LogP contribution is 2.35. The van der Waals surface area contributed by atoms with Gasteiger partial charge >= 0.3 is 0 Å². The Bertz CT molecular complexity index is 438. The number of rotatable bonds is 1. The van der Waals surface area contributed by atoms with Crippen LogP contribution in [0.1, 0.15) is 32.8 Å². The summed E-state index contributed by atoms with van der Waals surface area (Å²) in [6, 6.07) is 10.1. The minimum atomic E-state index is -0.0165. The van der Waals surface area contributed by atoms with Crippen molar-refractivity contribution in [2.75, 3.05) is 0 Å². The molecule has 0 unspecified atom stereocenters. The topological polar surface area (TPSA) is 29.1 Å². The molecule has 0 spiro atoms. The third-order valence-electron chi connectivity index (χ3n) is 2.78.